The molecule has 0 saturated carbocycles. The Morgan fingerprint density at radius 1 is 1.19 bits per heavy atom. The van der Waals surface area contributed by atoms with Gasteiger partial charge >= 0.3 is 0 Å². The van der Waals surface area contributed by atoms with Crippen molar-refractivity contribution in [2.45, 2.75) is 26.9 Å². The van der Waals surface area contributed by atoms with Gasteiger partial charge < -0.3 is 29.2 Å². The maximum absolute atomic E-state index is 11.6. The van der Waals surface area contributed by atoms with Gasteiger partial charge in [0.25, 0.3) is 5.88 Å². The molecule has 11 heteroatoms. The number of anilines is 2. The van der Waals surface area contributed by atoms with Crippen LogP contribution in [0, 0.1) is 0 Å². The number of fused-ring (bicyclic) bond motifs is 2. The van der Waals surface area contributed by atoms with Crippen molar-refractivity contribution in [3.05, 3.63) is 35.6 Å². The number of nitrogens with one attached hydrogen (secondary N) is 1. The third kappa shape index (κ3) is 5.60. The normalized spacial score (nSPS) is 15.3. The van der Waals surface area contributed by atoms with Gasteiger partial charge in [0, 0.05) is 58.0 Å². The zero-order valence-corrected chi connectivity index (χ0v) is 21.9. The first kappa shape index (κ1) is 25.2. The second-order valence-corrected chi connectivity index (χ2v) is 9.59. The third-order valence-corrected chi connectivity index (χ3v) is 6.54. The van der Waals surface area contributed by atoms with E-state index in [4.69, 9.17) is 30.5 Å². The lowest BCUT2D eigenvalue weighted by molar-refractivity contribution is -0.130. The van der Waals surface area contributed by atoms with Crippen LogP contribution < -0.4 is 24.3 Å². The van der Waals surface area contributed by atoms with Crippen LogP contribution in [0.5, 0.6) is 23.1 Å². The highest BCUT2D eigenvalue weighted by Crippen LogP contribution is 2.45. The number of benzene rings is 1. The molecule has 1 aromatic carbocycles. The quantitative estimate of drug-likeness (QED) is 0.464. The molecule has 1 fully saturated rings. The maximum atomic E-state index is 11.6. The van der Waals surface area contributed by atoms with E-state index < -0.39 is 0 Å². The summed E-state index contributed by atoms with van der Waals surface area (Å²) in [6.07, 6.45) is 3.18. The second-order valence-electron chi connectivity index (χ2n) is 9.18. The fourth-order valence-electron chi connectivity index (χ4n) is 4.42. The van der Waals surface area contributed by atoms with Crippen LogP contribution >= 0.6 is 11.6 Å². The summed E-state index contributed by atoms with van der Waals surface area (Å²) in [5.41, 5.74) is 2.03. The molecule has 0 bridgehead atoms. The average Bonchev–Trinajstić information content (AvgIpc) is 3.35. The lowest BCUT2D eigenvalue weighted by Crippen LogP contribution is -2.48. The van der Waals surface area contributed by atoms with Gasteiger partial charge in [-0.3, -0.25) is 14.7 Å². The van der Waals surface area contributed by atoms with Crippen LogP contribution in [0.3, 0.4) is 0 Å². The first-order valence-electron chi connectivity index (χ1n) is 12.3. The van der Waals surface area contributed by atoms with Crippen LogP contribution in [0.15, 0.2) is 30.6 Å². The molecule has 1 N–H and O–H groups in total. The average molecular weight is 528 g/mol. The minimum absolute atomic E-state index is 0.0606. The minimum Gasteiger partial charge on any atom is -0.492 e. The fourth-order valence-corrected chi connectivity index (χ4v) is 4.61. The molecule has 0 spiro atoms. The highest BCUT2D eigenvalue weighted by atomic mass is 35.5. The van der Waals surface area contributed by atoms with Crippen molar-refractivity contribution >= 4 is 39.8 Å². The van der Waals surface area contributed by atoms with E-state index in [1.54, 1.807) is 13.1 Å². The number of carbonyl (C=O) groups excluding carboxylic acids is 1. The molecule has 0 aliphatic carbocycles. The van der Waals surface area contributed by atoms with Crippen molar-refractivity contribution in [1.29, 1.82) is 0 Å². The molecule has 2 aliphatic heterocycles. The van der Waals surface area contributed by atoms with Crippen LogP contribution in [0.4, 0.5) is 11.4 Å². The summed E-state index contributed by atoms with van der Waals surface area (Å²) in [4.78, 5) is 24.5. The van der Waals surface area contributed by atoms with Gasteiger partial charge in [-0.1, -0.05) is 11.6 Å². The number of hydrogen-bond donors (Lipinski definition) is 1. The highest BCUT2D eigenvalue weighted by Gasteiger charge is 2.24. The number of ether oxygens (including phenoxy) is 4. The van der Waals surface area contributed by atoms with Gasteiger partial charge in [-0.25, -0.2) is 4.98 Å². The van der Waals surface area contributed by atoms with Crippen molar-refractivity contribution in [3.8, 4) is 23.1 Å². The lowest BCUT2D eigenvalue weighted by atomic mass is 10.1. The third-order valence-electron chi connectivity index (χ3n) is 6.25. The number of aromatic nitrogens is 2. The summed E-state index contributed by atoms with van der Waals surface area (Å²) < 4.78 is 23.3. The van der Waals surface area contributed by atoms with Gasteiger partial charge in [0.15, 0.2) is 0 Å². The molecule has 3 aromatic rings. The minimum atomic E-state index is -0.0606. The fraction of sp³-hybridized carbons (Fsp3) is 0.423. The molecule has 1 saturated heterocycles. The van der Waals surface area contributed by atoms with Crippen molar-refractivity contribution < 1.29 is 23.7 Å². The first-order valence-corrected chi connectivity index (χ1v) is 12.7. The van der Waals surface area contributed by atoms with Gasteiger partial charge in [-0.05, 0) is 19.9 Å². The molecule has 2 aromatic heterocycles. The van der Waals surface area contributed by atoms with Crippen LogP contribution in [0.1, 0.15) is 20.8 Å². The summed E-state index contributed by atoms with van der Waals surface area (Å²) >= 11 is 6.45. The van der Waals surface area contributed by atoms with Gasteiger partial charge in [0.1, 0.15) is 23.8 Å². The van der Waals surface area contributed by atoms with Crippen LogP contribution in [0.25, 0.3) is 10.9 Å². The number of nitrogens with zero attached hydrogens (tertiary/aromatic N) is 4. The Kier molecular flexibility index (Phi) is 7.38. The largest absolute Gasteiger partial charge is 0.492 e. The predicted octanol–water partition coefficient (Wildman–Crippen LogP) is 4.09. The van der Waals surface area contributed by atoms with Crippen molar-refractivity contribution in [3.63, 3.8) is 0 Å². The van der Waals surface area contributed by atoms with E-state index in [2.05, 4.69) is 20.2 Å². The van der Waals surface area contributed by atoms with Crippen LogP contribution in [-0.2, 0) is 4.79 Å². The van der Waals surface area contributed by atoms with E-state index in [0.29, 0.717) is 46.0 Å². The monoisotopic (exact) mass is 527 g/mol. The van der Waals surface area contributed by atoms with E-state index in [9.17, 15) is 4.79 Å². The Morgan fingerprint density at radius 3 is 2.76 bits per heavy atom. The Balaban J connectivity index is 1.37. The molecule has 0 radical (unpaired) electrons. The summed E-state index contributed by atoms with van der Waals surface area (Å²) in [6, 6.07) is 5.65. The summed E-state index contributed by atoms with van der Waals surface area (Å²) in [6.45, 7) is 10.1. The molecule has 196 valence electrons. The molecule has 10 nitrogen and oxygen atoms in total. The van der Waals surface area contributed by atoms with Gasteiger partial charge in [-0.15, -0.1) is 0 Å². The Hall–Kier alpha value is -3.50. The van der Waals surface area contributed by atoms with E-state index >= 15 is 0 Å². The lowest BCUT2D eigenvalue weighted by Gasteiger charge is -2.34. The standard InChI is InChI=1S/C26H30ClN5O5/c1-16(2)37-22-13-18(34-11-10-31-6-8-32(9-7-31)17(3)33)12-21-23(22)20(4-5-28-21)30-24-19(27)14-29-26-25(24)35-15-36-26/h4-5,12-14,16H,6-11,15H2,1-3H3,(H,28,29,30). The molecule has 0 atom stereocenters. The first-order chi connectivity index (χ1) is 17.9. The smallest absolute Gasteiger partial charge is 0.262 e. The highest BCUT2D eigenvalue weighted by molar-refractivity contribution is 6.33. The molecular weight excluding hydrogens is 498 g/mol. The molecule has 5 rings (SSSR count). The van der Waals surface area contributed by atoms with Crippen LogP contribution in [0.2, 0.25) is 5.02 Å². The maximum Gasteiger partial charge on any atom is 0.262 e. The number of carbonyl (C=O) groups is 1. The van der Waals surface area contributed by atoms with Gasteiger partial charge in [0.05, 0.1) is 33.9 Å². The van der Waals surface area contributed by atoms with E-state index in [1.165, 1.54) is 6.20 Å². The van der Waals surface area contributed by atoms with Crippen molar-refractivity contribution in [2.75, 3.05) is 51.4 Å². The number of rotatable bonds is 8. The number of halogens is 1. The van der Waals surface area contributed by atoms with Gasteiger partial charge in [-0.2, -0.15) is 0 Å². The molecule has 4 heterocycles. The molecule has 37 heavy (non-hydrogen) atoms. The summed E-state index contributed by atoms with van der Waals surface area (Å²) in [7, 11) is 0. The Morgan fingerprint density at radius 2 is 2.00 bits per heavy atom. The summed E-state index contributed by atoms with van der Waals surface area (Å²) in [5.74, 6) is 2.31. The summed E-state index contributed by atoms with van der Waals surface area (Å²) in [5, 5.41) is 4.58. The van der Waals surface area contributed by atoms with E-state index in [-0.39, 0.29) is 18.8 Å². The number of piperazine rings is 1. The zero-order chi connectivity index (χ0) is 25.9. The number of pyridine rings is 2. The molecular formula is C26H30ClN5O5. The molecule has 1 amide bonds. The number of amides is 1. The molecule has 0 unspecified atom stereocenters. The van der Waals surface area contributed by atoms with E-state index in [1.807, 2.05) is 36.9 Å². The Labute approximate surface area is 220 Å². The van der Waals surface area contributed by atoms with E-state index in [0.717, 1.165) is 43.8 Å². The number of hydrogen-bond acceptors (Lipinski definition) is 9. The van der Waals surface area contributed by atoms with Crippen molar-refractivity contribution in [1.82, 2.24) is 19.8 Å². The molecule has 2 aliphatic rings. The zero-order valence-electron chi connectivity index (χ0n) is 21.1. The van der Waals surface area contributed by atoms with Crippen molar-refractivity contribution in [2.24, 2.45) is 0 Å². The SMILES string of the molecule is CC(=O)N1CCN(CCOc2cc(OC(C)C)c3c(Nc4c(Cl)cnc5c4OCO5)ccnc3c2)CC1. The Bertz CT molecular complexity index is 1300. The predicted molar refractivity (Wildman–Crippen MR) is 140 cm³/mol. The van der Waals surface area contributed by atoms with Gasteiger partial charge in [0.2, 0.25) is 18.4 Å². The second kappa shape index (κ2) is 10.9. The van der Waals surface area contributed by atoms with Crippen LogP contribution in [-0.4, -0.2) is 77.9 Å². The topological polar surface area (TPSA) is 98.3 Å².